The molecule has 2 atom stereocenters. The van der Waals surface area contributed by atoms with Crippen LogP contribution < -0.4 is 0 Å². The van der Waals surface area contributed by atoms with Gasteiger partial charge in [-0.3, -0.25) is 4.79 Å². The molecule has 156 valence electrons. The lowest BCUT2D eigenvalue weighted by Crippen LogP contribution is -2.30. The van der Waals surface area contributed by atoms with Crippen molar-refractivity contribution >= 4 is 5.78 Å². The van der Waals surface area contributed by atoms with Crippen molar-refractivity contribution < 1.29 is 13.9 Å². The highest BCUT2D eigenvalue weighted by Gasteiger charge is 2.29. The third-order valence-electron chi connectivity index (χ3n) is 7.13. The van der Waals surface area contributed by atoms with E-state index in [1.807, 2.05) is 13.0 Å². The van der Waals surface area contributed by atoms with Gasteiger partial charge in [0.05, 0.1) is 6.61 Å². The first kappa shape index (κ1) is 21.5. The molecule has 28 heavy (non-hydrogen) atoms. The van der Waals surface area contributed by atoms with Crippen molar-refractivity contribution in [3.63, 3.8) is 0 Å². The van der Waals surface area contributed by atoms with Crippen LogP contribution in [0.3, 0.4) is 0 Å². The van der Waals surface area contributed by atoms with Gasteiger partial charge in [-0.15, -0.1) is 0 Å². The summed E-state index contributed by atoms with van der Waals surface area (Å²) in [6.45, 7) is 6.28. The second-order valence-corrected chi connectivity index (χ2v) is 9.10. The van der Waals surface area contributed by atoms with Gasteiger partial charge in [-0.1, -0.05) is 44.7 Å². The molecule has 1 aromatic carbocycles. The summed E-state index contributed by atoms with van der Waals surface area (Å²) in [5.74, 6) is 1.52. The first-order valence-electron chi connectivity index (χ1n) is 11.4. The lowest BCUT2D eigenvalue weighted by molar-refractivity contribution is -0.131. The first-order valence-corrected chi connectivity index (χ1v) is 11.4. The fraction of sp³-hybridized carbons (Fsp3) is 0.720. The molecule has 1 heterocycles. The van der Waals surface area contributed by atoms with Crippen molar-refractivity contribution in [2.24, 2.45) is 5.92 Å². The highest BCUT2D eigenvalue weighted by molar-refractivity contribution is 5.80. The highest BCUT2D eigenvalue weighted by atomic mass is 19.1. The second-order valence-electron chi connectivity index (χ2n) is 9.10. The number of halogens is 1. The van der Waals surface area contributed by atoms with Crippen LogP contribution in [-0.4, -0.2) is 18.5 Å². The van der Waals surface area contributed by atoms with Crippen molar-refractivity contribution in [3.05, 3.63) is 34.6 Å². The zero-order chi connectivity index (χ0) is 20.1. The Morgan fingerprint density at radius 3 is 2.32 bits per heavy atom. The predicted molar refractivity (Wildman–Crippen MR) is 112 cm³/mol. The van der Waals surface area contributed by atoms with Crippen LogP contribution in [0.2, 0.25) is 0 Å². The largest absolute Gasteiger partial charge is 0.370 e. The molecule has 1 saturated carbocycles. The Morgan fingerprint density at radius 1 is 1.04 bits per heavy atom. The molecule has 2 nitrogen and oxygen atoms in total. The van der Waals surface area contributed by atoms with E-state index < -0.39 is 0 Å². The zero-order valence-corrected chi connectivity index (χ0v) is 17.9. The van der Waals surface area contributed by atoms with Crippen molar-refractivity contribution in [2.45, 2.75) is 103 Å². The van der Waals surface area contributed by atoms with E-state index in [9.17, 15) is 4.79 Å². The van der Waals surface area contributed by atoms with Gasteiger partial charge in [-0.25, -0.2) is 4.39 Å². The molecular weight excluding hydrogens is 351 g/mol. The lowest BCUT2D eigenvalue weighted by atomic mass is 9.76. The van der Waals surface area contributed by atoms with Gasteiger partial charge in [0.2, 0.25) is 0 Å². The number of ether oxygens (including phenoxy) is 1. The summed E-state index contributed by atoms with van der Waals surface area (Å²) in [4.78, 5) is 11.5. The monoisotopic (exact) mass is 388 g/mol. The van der Waals surface area contributed by atoms with Crippen LogP contribution >= 0.6 is 0 Å². The topological polar surface area (TPSA) is 26.3 Å². The van der Waals surface area contributed by atoms with Gasteiger partial charge in [0, 0.05) is 5.92 Å². The van der Waals surface area contributed by atoms with Crippen LogP contribution in [0.15, 0.2) is 12.1 Å². The average Bonchev–Trinajstić information content (AvgIpc) is 2.71. The second kappa shape index (κ2) is 10.0. The molecule has 1 saturated heterocycles. The summed E-state index contributed by atoms with van der Waals surface area (Å²) < 4.78 is 21.0. The summed E-state index contributed by atoms with van der Waals surface area (Å²) in [5.41, 5.74) is 2.78. The van der Waals surface area contributed by atoms with Crippen LogP contribution in [-0.2, 0) is 9.53 Å². The molecule has 1 aliphatic heterocycles. The van der Waals surface area contributed by atoms with Crippen LogP contribution in [0.4, 0.5) is 4.39 Å². The number of unbranched alkanes of at least 4 members (excludes halogenated alkanes) is 2. The number of ketones is 1. The molecule has 3 heteroatoms. The van der Waals surface area contributed by atoms with Gasteiger partial charge in [-0.2, -0.15) is 0 Å². The summed E-state index contributed by atoms with van der Waals surface area (Å²) in [5, 5.41) is 0. The van der Waals surface area contributed by atoms with Crippen molar-refractivity contribution in [2.75, 3.05) is 6.61 Å². The first-order chi connectivity index (χ1) is 13.5. The number of Topliss-reactive ketones (excluding diaryl/α,β-unsaturated/α-hetero) is 1. The van der Waals surface area contributed by atoms with Crippen LogP contribution in [0, 0.1) is 18.7 Å². The van der Waals surface area contributed by atoms with E-state index in [0.717, 1.165) is 48.3 Å². The minimum atomic E-state index is -0.270. The number of benzene rings is 1. The maximum atomic E-state index is 15.3. The Morgan fingerprint density at radius 2 is 1.71 bits per heavy atom. The summed E-state index contributed by atoms with van der Waals surface area (Å²) in [7, 11) is 0. The third-order valence-corrected chi connectivity index (χ3v) is 7.13. The fourth-order valence-corrected chi connectivity index (χ4v) is 5.24. The molecule has 2 unspecified atom stereocenters. The third kappa shape index (κ3) is 5.03. The van der Waals surface area contributed by atoms with Crippen LogP contribution in [0.1, 0.15) is 107 Å². The minimum Gasteiger partial charge on any atom is -0.370 e. The standard InChI is InChI=1S/C25H37FO2/c1-4-5-6-7-19-8-10-20(11-9-19)23-14-13-22(17(2)25(23)26)21-12-15-24(18(3)27)28-16-21/h13-14,19-21,24H,4-12,15-16H2,1-3H3. The molecule has 0 N–H and O–H groups in total. The van der Waals surface area contributed by atoms with Gasteiger partial charge in [-0.05, 0) is 80.9 Å². The van der Waals surface area contributed by atoms with Gasteiger partial charge in [0.15, 0.2) is 5.78 Å². The highest BCUT2D eigenvalue weighted by Crippen LogP contribution is 2.40. The van der Waals surface area contributed by atoms with E-state index in [2.05, 4.69) is 13.0 Å². The molecule has 1 aromatic rings. The number of hydrogen-bond acceptors (Lipinski definition) is 2. The van der Waals surface area contributed by atoms with Crippen molar-refractivity contribution in [3.8, 4) is 0 Å². The van der Waals surface area contributed by atoms with Gasteiger partial charge in [0.25, 0.3) is 0 Å². The molecule has 2 fully saturated rings. The Labute approximate surface area is 170 Å². The van der Waals surface area contributed by atoms with Crippen LogP contribution in [0.25, 0.3) is 0 Å². The molecule has 0 spiro atoms. The van der Waals surface area contributed by atoms with Gasteiger partial charge < -0.3 is 4.74 Å². The normalized spacial score (nSPS) is 28.3. The zero-order valence-electron chi connectivity index (χ0n) is 17.9. The number of hydrogen-bond donors (Lipinski definition) is 0. The van der Waals surface area contributed by atoms with E-state index in [1.165, 1.54) is 38.5 Å². The number of carbonyl (C=O) groups excluding carboxylic acids is 1. The van der Waals surface area contributed by atoms with Gasteiger partial charge in [0.1, 0.15) is 11.9 Å². The Kier molecular flexibility index (Phi) is 7.68. The smallest absolute Gasteiger partial charge is 0.158 e. The van der Waals surface area contributed by atoms with Crippen LogP contribution in [0.5, 0.6) is 0 Å². The fourth-order valence-electron chi connectivity index (χ4n) is 5.24. The van der Waals surface area contributed by atoms with E-state index >= 15 is 4.39 Å². The molecule has 3 rings (SSSR count). The molecule has 1 aliphatic carbocycles. The van der Waals surface area contributed by atoms with E-state index in [-0.39, 0.29) is 23.6 Å². The maximum absolute atomic E-state index is 15.3. The summed E-state index contributed by atoms with van der Waals surface area (Å²) in [6, 6.07) is 4.17. The lowest BCUT2D eigenvalue weighted by Gasteiger charge is -2.31. The number of rotatable bonds is 7. The van der Waals surface area contributed by atoms with E-state index in [1.54, 1.807) is 6.92 Å². The summed E-state index contributed by atoms with van der Waals surface area (Å²) >= 11 is 0. The Bertz CT molecular complexity index is 653. The number of carbonyl (C=O) groups is 1. The molecule has 0 bridgehead atoms. The quantitative estimate of drug-likeness (QED) is 0.478. The van der Waals surface area contributed by atoms with Gasteiger partial charge >= 0.3 is 0 Å². The molecular formula is C25H37FO2. The minimum absolute atomic E-state index is 0.000578. The molecule has 0 radical (unpaired) electrons. The Balaban J connectivity index is 1.61. The average molecular weight is 389 g/mol. The maximum Gasteiger partial charge on any atom is 0.158 e. The summed E-state index contributed by atoms with van der Waals surface area (Å²) in [6.07, 6.45) is 11.4. The van der Waals surface area contributed by atoms with Crippen molar-refractivity contribution in [1.82, 2.24) is 0 Å². The van der Waals surface area contributed by atoms with E-state index in [4.69, 9.17) is 4.74 Å². The van der Waals surface area contributed by atoms with E-state index in [0.29, 0.717) is 12.5 Å². The SMILES string of the molecule is CCCCCC1CCC(c2ccc(C3CCC(C(C)=O)OC3)c(C)c2F)CC1. The molecule has 0 amide bonds. The molecule has 2 aliphatic rings. The Hall–Kier alpha value is -1.22. The van der Waals surface area contributed by atoms with Crippen molar-refractivity contribution in [1.29, 1.82) is 0 Å². The predicted octanol–water partition coefficient (Wildman–Crippen LogP) is 6.84. The molecule has 0 aromatic heterocycles.